The summed E-state index contributed by atoms with van der Waals surface area (Å²) in [6.45, 7) is 3.37. The molecule has 1 aromatic heterocycles. The van der Waals surface area contributed by atoms with Crippen molar-refractivity contribution in [2.75, 3.05) is 20.3 Å². The van der Waals surface area contributed by atoms with Gasteiger partial charge >= 0.3 is 0 Å². The molecule has 0 saturated carbocycles. The van der Waals surface area contributed by atoms with E-state index in [1.807, 2.05) is 19.1 Å². The van der Waals surface area contributed by atoms with Crippen molar-refractivity contribution >= 4 is 11.3 Å². The number of aliphatic hydroxyl groups is 1. The molecule has 1 N–H and O–H groups in total. The third-order valence-electron chi connectivity index (χ3n) is 3.27. The van der Waals surface area contributed by atoms with Gasteiger partial charge in [-0.3, -0.25) is 0 Å². The summed E-state index contributed by atoms with van der Waals surface area (Å²) in [7, 11) is 1.68. The third-order valence-corrected chi connectivity index (χ3v) is 4.33. The monoisotopic (exact) mass is 242 g/mol. The number of rotatable bonds is 3. The second-order valence-electron chi connectivity index (χ2n) is 4.23. The number of aliphatic hydroxyl groups excluding tert-OH is 1. The molecule has 1 saturated heterocycles. The number of methoxy groups -OCH3 is 1. The van der Waals surface area contributed by atoms with Gasteiger partial charge in [0, 0.05) is 42.9 Å². The Bertz CT molecular complexity index is 342. The van der Waals surface area contributed by atoms with Gasteiger partial charge in [0.15, 0.2) is 0 Å². The van der Waals surface area contributed by atoms with E-state index in [0.29, 0.717) is 13.2 Å². The zero-order valence-electron chi connectivity index (χ0n) is 9.73. The summed E-state index contributed by atoms with van der Waals surface area (Å²) in [5.41, 5.74) is -0.463. The maximum Gasteiger partial charge on any atom is 0.117 e. The Kier molecular flexibility index (Phi) is 3.64. The predicted octanol–water partition coefficient (Wildman–Crippen LogP) is 2.29. The minimum Gasteiger partial charge on any atom is -0.385 e. The summed E-state index contributed by atoms with van der Waals surface area (Å²) in [6.07, 6.45) is 0.962. The molecule has 2 rings (SSSR count). The lowest BCUT2D eigenvalue weighted by Gasteiger charge is -2.39. The van der Waals surface area contributed by atoms with Crippen molar-refractivity contribution in [1.82, 2.24) is 0 Å². The van der Waals surface area contributed by atoms with E-state index in [2.05, 4.69) is 0 Å². The number of aryl methyl sites for hydroxylation is 1. The first-order chi connectivity index (χ1) is 7.68. The molecule has 1 atom stereocenters. The van der Waals surface area contributed by atoms with Crippen LogP contribution in [0.3, 0.4) is 0 Å². The molecule has 0 spiro atoms. The molecule has 16 heavy (non-hydrogen) atoms. The summed E-state index contributed by atoms with van der Waals surface area (Å²) in [6, 6.07) is 4.02. The Balaban J connectivity index is 2.20. The lowest BCUT2D eigenvalue weighted by Crippen LogP contribution is -2.43. The van der Waals surface area contributed by atoms with Crippen LogP contribution >= 0.6 is 11.3 Å². The molecule has 1 unspecified atom stereocenters. The summed E-state index contributed by atoms with van der Waals surface area (Å²) >= 11 is 1.63. The Morgan fingerprint density at radius 2 is 2.12 bits per heavy atom. The molecule has 0 amide bonds. The lowest BCUT2D eigenvalue weighted by atomic mass is 9.87. The maximum absolute atomic E-state index is 10.4. The third kappa shape index (κ3) is 2.15. The molecule has 0 aliphatic carbocycles. The van der Waals surface area contributed by atoms with Gasteiger partial charge in [0.1, 0.15) is 11.7 Å². The molecule has 2 heterocycles. The Morgan fingerprint density at radius 1 is 1.44 bits per heavy atom. The average molecular weight is 242 g/mol. The van der Waals surface area contributed by atoms with Crippen LogP contribution in [0.1, 0.15) is 28.7 Å². The largest absolute Gasteiger partial charge is 0.385 e. The van der Waals surface area contributed by atoms with Crippen LogP contribution in [0.25, 0.3) is 0 Å². The Labute approximate surface area is 100 Å². The standard InChI is InChI=1S/C12H18O3S/c1-9-3-4-10(16-9)11(13)12(14-2)5-7-15-8-6-12/h3-4,11,13H,5-8H2,1-2H3. The van der Waals surface area contributed by atoms with E-state index in [4.69, 9.17) is 9.47 Å². The Morgan fingerprint density at radius 3 is 2.62 bits per heavy atom. The normalized spacial score (nSPS) is 21.9. The first-order valence-electron chi connectivity index (χ1n) is 5.55. The summed E-state index contributed by atoms with van der Waals surface area (Å²) in [4.78, 5) is 2.20. The SMILES string of the molecule is COC1(C(O)c2ccc(C)s2)CCOCC1. The molecule has 0 bridgehead atoms. The van der Waals surface area contributed by atoms with Crippen molar-refractivity contribution in [3.05, 3.63) is 21.9 Å². The van der Waals surface area contributed by atoms with Crippen LogP contribution in [0.4, 0.5) is 0 Å². The van der Waals surface area contributed by atoms with E-state index in [9.17, 15) is 5.11 Å². The molecule has 1 aromatic rings. The average Bonchev–Trinajstić information content (AvgIpc) is 2.76. The molecule has 3 nitrogen and oxygen atoms in total. The number of hydrogen-bond acceptors (Lipinski definition) is 4. The van der Waals surface area contributed by atoms with Crippen LogP contribution in [0.5, 0.6) is 0 Å². The molecule has 0 radical (unpaired) electrons. The fourth-order valence-electron chi connectivity index (χ4n) is 2.17. The van der Waals surface area contributed by atoms with Crippen LogP contribution < -0.4 is 0 Å². The van der Waals surface area contributed by atoms with Crippen LogP contribution in [0.2, 0.25) is 0 Å². The van der Waals surface area contributed by atoms with Crippen molar-refractivity contribution in [2.45, 2.75) is 31.5 Å². The van der Waals surface area contributed by atoms with E-state index in [-0.39, 0.29) is 0 Å². The van der Waals surface area contributed by atoms with Crippen LogP contribution in [-0.2, 0) is 9.47 Å². The van der Waals surface area contributed by atoms with Gasteiger partial charge in [-0.15, -0.1) is 11.3 Å². The van der Waals surface area contributed by atoms with Gasteiger partial charge in [-0.05, 0) is 19.1 Å². The highest BCUT2D eigenvalue weighted by atomic mass is 32.1. The van der Waals surface area contributed by atoms with Gasteiger partial charge in [-0.2, -0.15) is 0 Å². The maximum atomic E-state index is 10.4. The van der Waals surface area contributed by atoms with E-state index in [1.165, 1.54) is 4.88 Å². The predicted molar refractivity (Wildman–Crippen MR) is 63.8 cm³/mol. The first kappa shape index (κ1) is 12.0. The van der Waals surface area contributed by atoms with Crippen LogP contribution in [0.15, 0.2) is 12.1 Å². The quantitative estimate of drug-likeness (QED) is 0.884. The minimum absolute atomic E-state index is 0.463. The van der Waals surface area contributed by atoms with Crippen molar-refractivity contribution in [3.8, 4) is 0 Å². The molecule has 1 aliphatic heterocycles. The summed E-state index contributed by atoms with van der Waals surface area (Å²) in [5, 5.41) is 10.4. The molecular formula is C12H18O3S. The first-order valence-corrected chi connectivity index (χ1v) is 6.37. The fourth-order valence-corrected chi connectivity index (χ4v) is 3.14. The zero-order chi connectivity index (χ0) is 11.6. The van der Waals surface area contributed by atoms with E-state index >= 15 is 0 Å². The molecule has 0 aromatic carbocycles. The highest BCUT2D eigenvalue weighted by Gasteiger charge is 2.41. The van der Waals surface area contributed by atoms with E-state index in [1.54, 1.807) is 18.4 Å². The van der Waals surface area contributed by atoms with Gasteiger partial charge < -0.3 is 14.6 Å². The van der Waals surface area contributed by atoms with Crippen molar-refractivity contribution in [3.63, 3.8) is 0 Å². The van der Waals surface area contributed by atoms with Gasteiger partial charge in [-0.1, -0.05) is 0 Å². The number of hydrogen-bond donors (Lipinski definition) is 1. The topological polar surface area (TPSA) is 38.7 Å². The summed E-state index contributed by atoms with van der Waals surface area (Å²) in [5.74, 6) is 0. The molecule has 4 heteroatoms. The van der Waals surface area contributed by atoms with E-state index < -0.39 is 11.7 Å². The molecule has 90 valence electrons. The van der Waals surface area contributed by atoms with Crippen LogP contribution in [-0.4, -0.2) is 31.0 Å². The van der Waals surface area contributed by atoms with Gasteiger partial charge in [0.2, 0.25) is 0 Å². The minimum atomic E-state index is -0.542. The van der Waals surface area contributed by atoms with Crippen molar-refractivity contribution in [1.29, 1.82) is 0 Å². The van der Waals surface area contributed by atoms with Crippen molar-refractivity contribution in [2.24, 2.45) is 0 Å². The van der Waals surface area contributed by atoms with Gasteiger partial charge in [0.05, 0.1) is 0 Å². The van der Waals surface area contributed by atoms with Gasteiger partial charge in [0.25, 0.3) is 0 Å². The summed E-state index contributed by atoms with van der Waals surface area (Å²) < 4.78 is 10.9. The van der Waals surface area contributed by atoms with Gasteiger partial charge in [-0.25, -0.2) is 0 Å². The highest BCUT2D eigenvalue weighted by molar-refractivity contribution is 7.12. The lowest BCUT2D eigenvalue weighted by molar-refractivity contribution is -0.153. The highest BCUT2D eigenvalue weighted by Crippen LogP contribution is 2.39. The molecule has 1 fully saturated rings. The second kappa shape index (κ2) is 4.84. The fraction of sp³-hybridized carbons (Fsp3) is 0.667. The van der Waals surface area contributed by atoms with Crippen molar-refractivity contribution < 1.29 is 14.6 Å². The number of thiophene rings is 1. The number of ether oxygens (including phenoxy) is 2. The Hall–Kier alpha value is -0.420. The zero-order valence-corrected chi connectivity index (χ0v) is 10.5. The van der Waals surface area contributed by atoms with Crippen LogP contribution in [0, 0.1) is 6.92 Å². The molecule has 1 aliphatic rings. The molecular weight excluding hydrogens is 224 g/mol. The van der Waals surface area contributed by atoms with E-state index in [0.717, 1.165) is 17.7 Å². The smallest absolute Gasteiger partial charge is 0.117 e. The second-order valence-corrected chi connectivity index (χ2v) is 5.55.